The Labute approximate surface area is 110 Å². The first-order valence-electron chi connectivity index (χ1n) is 6.29. The molecule has 3 nitrogen and oxygen atoms in total. The maximum Gasteiger partial charge on any atom is 0.201 e. The van der Waals surface area contributed by atoms with Crippen LogP contribution in [0.3, 0.4) is 0 Å². The molecule has 2 aromatic rings. The second-order valence-electron chi connectivity index (χ2n) is 4.89. The Hall–Kier alpha value is -1.29. The van der Waals surface area contributed by atoms with Gasteiger partial charge in [0.15, 0.2) is 0 Å². The average Bonchev–Trinajstić information content (AvgIpc) is 2.66. The number of aromatic nitrogens is 2. The van der Waals surface area contributed by atoms with E-state index in [2.05, 4.69) is 4.98 Å². The standard InChI is InChI=1S/C13H15ClFN3/c14-9-6-11-12(7-10(9)15)18(13(16)17-11)8-4-2-1-3-5-8/h6-8H,1-5H2,(H2,16,17). The van der Waals surface area contributed by atoms with Crippen molar-refractivity contribution in [3.63, 3.8) is 0 Å². The van der Waals surface area contributed by atoms with Gasteiger partial charge < -0.3 is 10.3 Å². The number of rotatable bonds is 1. The summed E-state index contributed by atoms with van der Waals surface area (Å²) in [4.78, 5) is 4.28. The fraction of sp³-hybridized carbons (Fsp3) is 0.462. The highest BCUT2D eigenvalue weighted by molar-refractivity contribution is 6.31. The third-order valence-corrected chi connectivity index (χ3v) is 3.99. The van der Waals surface area contributed by atoms with Gasteiger partial charge in [-0.25, -0.2) is 9.37 Å². The maximum atomic E-state index is 13.6. The SMILES string of the molecule is Nc1nc2cc(Cl)c(F)cc2n1C1CCCCC1. The first kappa shape index (κ1) is 11.8. The van der Waals surface area contributed by atoms with Crippen LogP contribution >= 0.6 is 11.6 Å². The Kier molecular flexibility index (Phi) is 2.90. The van der Waals surface area contributed by atoms with Gasteiger partial charge in [0, 0.05) is 12.1 Å². The highest BCUT2D eigenvalue weighted by Crippen LogP contribution is 2.34. The molecule has 1 aromatic carbocycles. The van der Waals surface area contributed by atoms with E-state index in [-0.39, 0.29) is 5.02 Å². The Morgan fingerprint density at radius 2 is 2.00 bits per heavy atom. The van der Waals surface area contributed by atoms with Crippen molar-refractivity contribution < 1.29 is 4.39 Å². The minimum absolute atomic E-state index is 0.0933. The first-order chi connectivity index (χ1) is 8.66. The monoisotopic (exact) mass is 267 g/mol. The summed E-state index contributed by atoms with van der Waals surface area (Å²) in [5.74, 6) is 0.0414. The summed E-state index contributed by atoms with van der Waals surface area (Å²) >= 11 is 5.77. The average molecular weight is 268 g/mol. The van der Waals surface area contributed by atoms with Crippen molar-refractivity contribution in [2.75, 3.05) is 5.73 Å². The molecule has 1 heterocycles. The van der Waals surface area contributed by atoms with Gasteiger partial charge >= 0.3 is 0 Å². The van der Waals surface area contributed by atoms with Crippen molar-refractivity contribution in [2.45, 2.75) is 38.1 Å². The molecule has 1 fully saturated rings. The van der Waals surface area contributed by atoms with Crippen molar-refractivity contribution in [3.8, 4) is 0 Å². The van der Waals surface area contributed by atoms with Gasteiger partial charge in [-0.05, 0) is 18.9 Å². The molecule has 0 radical (unpaired) electrons. The molecule has 0 bridgehead atoms. The third-order valence-electron chi connectivity index (χ3n) is 3.70. The molecule has 96 valence electrons. The number of hydrogen-bond acceptors (Lipinski definition) is 2. The van der Waals surface area contributed by atoms with Gasteiger partial charge in [-0.15, -0.1) is 0 Å². The fourth-order valence-corrected chi connectivity index (χ4v) is 2.99. The van der Waals surface area contributed by atoms with Crippen molar-refractivity contribution in [1.82, 2.24) is 9.55 Å². The van der Waals surface area contributed by atoms with Gasteiger partial charge in [0.05, 0.1) is 16.1 Å². The van der Waals surface area contributed by atoms with Gasteiger partial charge in [0.1, 0.15) is 5.82 Å². The van der Waals surface area contributed by atoms with Gasteiger partial charge in [-0.2, -0.15) is 0 Å². The normalized spacial score (nSPS) is 17.4. The Morgan fingerprint density at radius 3 is 2.72 bits per heavy atom. The molecule has 18 heavy (non-hydrogen) atoms. The van der Waals surface area contributed by atoms with Gasteiger partial charge in [-0.3, -0.25) is 0 Å². The third kappa shape index (κ3) is 1.85. The number of fused-ring (bicyclic) bond motifs is 1. The van der Waals surface area contributed by atoms with Crippen molar-refractivity contribution in [2.24, 2.45) is 0 Å². The van der Waals surface area contributed by atoms with E-state index in [4.69, 9.17) is 17.3 Å². The molecule has 0 amide bonds. The van der Waals surface area contributed by atoms with Crippen LogP contribution in [0, 0.1) is 5.82 Å². The van der Waals surface area contributed by atoms with Crippen LogP contribution in [-0.4, -0.2) is 9.55 Å². The van der Waals surface area contributed by atoms with Gasteiger partial charge in [-0.1, -0.05) is 30.9 Å². The minimum Gasteiger partial charge on any atom is -0.369 e. The lowest BCUT2D eigenvalue weighted by molar-refractivity contribution is 0.363. The summed E-state index contributed by atoms with van der Waals surface area (Å²) in [6, 6.07) is 3.32. The number of anilines is 1. The number of hydrogen-bond donors (Lipinski definition) is 1. The van der Waals surface area contributed by atoms with Gasteiger partial charge in [0.2, 0.25) is 5.95 Å². The summed E-state index contributed by atoms with van der Waals surface area (Å²) in [6.45, 7) is 0. The fourth-order valence-electron chi connectivity index (χ4n) is 2.83. The van der Waals surface area contributed by atoms with E-state index in [1.807, 2.05) is 4.57 Å². The molecule has 0 spiro atoms. The molecule has 1 aliphatic rings. The molecule has 1 aromatic heterocycles. The summed E-state index contributed by atoms with van der Waals surface area (Å²) in [7, 11) is 0. The van der Waals surface area contributed by atoms with E-state index in [0.29, 0.717) is 17.5 Å². The smallest absolute Gasteiger partial charge is 0.201 e. The largest absolute Gasteiger partial charge is 0.369 e. The molecule has 2 N–H and O–H groups in total. The topological polar surface area (TPSA) is 43.8 Å². The van der Waals surface area contributed by atoms with E-state index >= 15 is 0 Å². The van der Waals surface area contributed by atoms with Crippen LogP contribution in [0.2, 0.25) is 5.02 Å². The Balaban J connectivity index is 2.15. The summed E-state index contributed by atoms with van der Waals surface area (Å²) in [5, 5.41) is 0.0933. The summed E-state index contributed by atoms with van der Waals surface area (Å²) in [5.41, 5.74) is 7.39. The number of imidazole rings is 1. The lowest BCUT2D eigenvalue weighted by atomic mass is 9.95. The van der Waals surface area contributed by atoms with Crippen LogP contribution < -0.4 is 5.73 Å². The van der Waals surface area contributed by atoms with Crippen molar-refractivity contribution >= 4 is 28.6 Å². The second kappa shape index (κ2) is 4.43. The van der Waals surface area contributed by atoms with Crippen LogP contribution in [-0.2, 0) is 0 Å². The van der Waals surface area contributed by atoms with Crippen LogP contribution in [0.15, 0.2) is 12.1 Å². The molecule has 3 rings (SSSR count). The predicted octanol–water partition coefficient (Wildman–Crippen LogP) is 3.92. The van der Waals surface area contributed by atoms with E-state index < -0.39 is 5.82 Å². The molecule has 0 aliphatic heterocycles. The molecular weight excluding hydrogens is 253 g/mol. The number of benzene rings is 1. The molecule has 1 saturated carbocycles. The summed E-state index contributed by atoms with van der Waals surface area (Å²) in [6.07, 6.45) is 5.82. The van der Waals surface area contributed by atoms with Crippen LogP contribution in [0.1, 0.15) is 38.1 Å². The molecule has 1 aliphatic carbocycles. The molecule has 0 atom stereocenters. The lowest BCUT2D eigenvalue weighted by Crippen LogP contribution is -2.14. The Bertz CT molecular complexity index is 587. The number of nitrogens with two attached hydrogens (primary N) is 1. The number of halogens is 2. The molecule has 0 unspecified atom stereocenters. The van der Waals surface area contributed by atoms with Crippen LogP contribution in [0.4, 0.5) is 10.3 Å². The maximum absolute atomic E-state index is 13.6. The Morgan fingerprint density at radius 1 is 1.28 bits per heavy atom. The van der Waals surface area contributed by atoms with Crippen LogP contribution in [0.25, 0.3) is 11.0 Å². The highest BCUT2D eigenvalue weighted by atomic mass is 35.5. The zero-order valence-corrected chi connectivity index (χ0v) is 10.8. The first-order valence-corrected chi connectivity index (χ1v) is 6.67. The zero-order valence-electron chi connectivity index (χ0n) is 10.00. The van der Waals surface area contributed by atoms with E-state index in [9.17, 15) is 4.39 Å². The number of nitrogens with zero attached hydrogens (tertiary/aromatic N) is 2. The summed E-state index contributed by atoms with van der Waals surface area (Å²) < 4.78 is 15.6. The zero-order chi connectivity index (χ0) is 12.7. The number of nitrogen functional groups attached to an aromatic ring is 1. The molecule has 0 saturated heterocycles. The minimum atomic E-state index is -0.416. The van der Waals surface area contributed by atoms with Crippen molar-refractivity contribution in [1.29, 1.82) is 0 Å². The second-order valence-corrected chi connectivity index (χ2v) is 5.29. The molecule has 5 heteroatoms. The van der Waals surface area contributed by atoms with Crippen LogP contribution in [0.5, 0.6) is 0 Å². The van der Waals surface area contributed by atoms with E-state index in [1.165, 1.54) is 25.3 Å². The van der Waals surface area contributed by atoms with E-state index in [0.717, 1.165) is 18.4 Å². The van der Waals surface area contributed by atoms with Crippen molar-refractivity contribution in [3.05, 3.63) is 23.0 Å². The lowest BCUT2D eigenvalue weighted by Gasteiger charge is -2.24. The quantitative estimate of drug-likeness (QED) is 0.851. The highest BCUT2D eigenvalue weighted by Gasteiger charge is 2.21. The van der Waals surface area contributed by atoms with E-state index in [1.54, 1.807) is 6.07 Å². The predicted molar refractivity (Wildman–Crippen MR) is 71.2 cm³/mol. The van der Waals surface area contributed by atoms with Gasteiger partial charge in [0.25, 0.3) is 0 Å². The molecular formula is C13H15ClFN3.